The SMILES string of the molecule is CCCn1nnnc1COC(=O)C12C[C@@H]3C[C@@H](CC(Cl)(C3)C1)C2. The summed E-state index contributed by atoms with van der Waals surface area (Å²) in [4.78, 5) is 12.7. The van der Waals surface area contributed by atoms with Crippen molar-refractivity contribution in [3.8, 4) is 0 Å². The summed E-state index contributed by atoms with van der Waals surface area (Å²) < 4.78 is 7.35. The first-order chi connectivity index (χ1) is 11.0. The summed E-state index contributed by atoms with van der Waals surface area (Å²) >= 11 is 6.79. The van der Waals surface area contributed by atoms with Crippen molar-refractivity contribution in [2.45, 2.75) is 69.9 Å². The summed E-state index contributed by atoms with van der Waals surface area (Å²) in [5.41, 5.74) is -0.366. The van der Waals surface area contributed by atoms with Crippen LogP contribution < -0.4 is 0 Å². The molecule has 0 amide bonds. The number of aromatic nitrogens is 4. The largest absolute Gasteiger partial charge is 0.457 e. The lowest BCUT2D eigenvalue weighted by Gasteiger charge is -2.58. The number of alkyl halides is 1. The highest BCUT2D eigenvalue weighted by Gasteiger charge is 2.60. The smallest absolute Gasteiger partial charge is 0.312 e. The summed E-state index contributed by atoms with van der Waals surface area (Å²) in [7, 11) is 0. The zero-order valence-corrected chi connectivity index (χ0v) is 14.3. The molecule has 0 aromatic carbocycles. The minimum atomic E-state index is -0.366. The van der Waals surface area contributed by atoms with Crippen molar-refractivity contribution < 1.29 is 9.53 Å². The van der Waals surface area contributed by atoms with E-state index in [2.05, 4.69) is 22.4 Å². The minimum absolute atomic E-state index is 0.0947. The fraction of sp³-hybridized carbons (Fsp3) is 0.875. The average Bonchev–Trinajstić information content (AvgIpc) is 2.90. The molecule has 1 heterocycles. The van der Waals surface area contributed by atoms with Crippen molar-refractivity contribution in [3.05, 3.63) is 5.82 Å². The van der Waals surface area contributed by atoms with Crippen LogP contribution >= 0.6 is 11.6 Å². The molecular weight excluding hydrogens is 316 g/mol. The van der Waals surface area contributed by atoms with E-state index in [-0.39, 0.29) is 22.9 Å². The molecule has 4 aliphatic carbocycles. The first-order valence-electron chi connectivity index (χ1n) is 8.63. The predicted molar refractivity (Wildman–Crippen MR) is 83.6 cm³/mol. The summed E-state index contributed by atoms with van der Waals surface area (Å²) in [6.07, 6.45) is 6.96. The number of rotatable bonds is 5. The van der Waals surface area contributed by atoms with Crippen LogP contribution in [0.3, 0.4) is 0 Å². The summed E-state index contributed by atoms with van der Waals surface area (Å²) in [6, 6.07) is 0. The Labute approximate surface area is 140 Å². The van der Waals surface area contributed by atoms with E-state index < -0.39 is 0 Å². The van der Waals surface area contributed by atoms with Crippen LogP contribution in [-0.2, 0) is 22.7 Å². The van der Waals surface area contributed by atoms with Gasteiger partial charge < -0.3 is 4.74 Å². The molecule has 5 rings (SSSR count). The van der Waals surface area contributed by atoms with E-state index in [1.165, 1.54) is 6.42 Å². The van der Waals surface area contributed by atoms with Crippen LogP contribution in [0.2, 0.25) is 0 Å². The molecule has 23 heavy (non-hydrogen) atoms. The molecule has 2 unspecified atom stereocenters. The number of carbonyl (C=O) groups is 1. The quantitative estimate of drug-likeness (QED) is 0.610. The normalized spacial score (nSPS) is 38.0. The minimum Gasteiger partial charge on any atom is -0.457 e. The standard InChI is InChI=1S/C16H23ClN4O2/c1-2-3-21-13(18-19-20-21)9-23-14(22)15-5-11-4-12(6-15)8-16(17,7-11)10-15/h11-12H,2-10H2,1H3/t11-,12+,15?,16?. The maximum atomic E-state index is 12.8. The highest BCUT2D eigenvalue weighted by atomic mass is 35.5. The maximum absolute atomic E-state index is 12.8. The van der Waals surface area contributed by atoms with Gasteiger partial charge in [0.1, 0.15) is 0 Å². The molecular formula is C16H23ClN4O2. The van der Waals surface area contributed by atoms with Crippen molar-refractivity contribution in [3.63, 3.8) is 0 Å². The molecule has 4 bridgehead atoms. The van der Waals surface area contributed by atoms with E-state index in [1.54, 1.807) is 4.68 Å². The predicted octanol–water partition coefficient (Wildman–Crippen LogP) is 2.70. The van der Waals surface area contributed by atoms with E-state index in [0.29, 0.717) is 17.7 Å². The van der Waals surface area contributed by atoms with Crippen LogP contribution in [0.5, 0.6) is 0 Å². The number of halogens is 1. The number of esters is 1. The molecule has 7 heteroatoms. The van der Waals surface area contributed by atoms with E-state index in [1.807, 2.05) is 0 Å². The van der Waals surface area contributed by atoms with Gasteiger partial charge in [-0.2, -0.15) is 0 Å². The molecule has 6 nitrogen and oxygen atoms in total. The number of aryl methyl sites for hydroxylation is 1. The second-order valence-corrected chi connectivity index (χ2v) is 8.59. The second-order valence-electron chi connectivity index (χ2n) is 7.79. The third kappa shape index (κ3) is 2.65. The first-order valence-corrected chi connectivity index (χ1v) is 9.01. The highest BCUT2D eigenvalue weighted by Crippen LogP contribution is 2.64. The number of tetrazole rings is 1. The Bertz CT molecular complexity index is 603. The van der Waals surface area contributed by atoms with Crippen LogP contribution in [0.4, 0.5) is 0 Å². The van der Waals surface area contributed by atoms with Gasteiger partial charge in [-0.25, -0.2) is 4.68 Å². The molecule has 126 valence electrons. The van der Waals surface area contributed by atoms with Crippen LogP contribution in [0, 0.1) is 17.3 Å². The molecule has 0 saturated heterocycles. The lowest BCUT2D eigenvalue weighted by atomic mass is 9.49. The summed E-state index contributed by atoms with van der Waals surface area (Å²) in [5, 5.41) is 11.6. The van der Waals surface area contributed by atoms with Crippen LogP contribution in [-0.4, -0.2) is 31.1 Å². The van der Waals surface area contributed by atoms with Gasteiger partial charge in [0, 0.05) is 11.4 Å². The third-order valence-corrected chi connectivity index (χ3v) is 6.24. The molecule has 0 N–H and O–H groups in total. The number of nitrogens with zero attached hydrogens (tertiary/aromatic N) is 4. The molecule has 4 saturated carbocycles. The Hall–Kier alpha value is -1.17. The molecule has 0 radical (unpaired) electrons. The lowest BCUT2D eigenvalue weighted by molar-refractivity contribution is -0.171. The Morgan fingerprint density at radius 2 is 2.09 bits per heavy atom. The van der Waals surface area contributed by atoms with Gasteiger partial charge in [-0.15, -0.1) is 16.7 Å². The molecule has 4 aliphatic rings. The van der Waals surface area contributed by atoms with Crippen molar-refractivity contribution in [2.75, 3.05) is 0 Å². The van der Waals surface area contributed by atoms with Gasteiger partial charge in [-0.3, -0.25) is 4.79 Å². The highest BCUT2D eigenvalue weighted by molar-refractivity contribution is 6.24. The number of carbonyl (C=O) groups excluding carboxylic acids is 1. The second kappa shape index (κ2) is 5.43. The lowest BCUT2D eigenvalue weighted by Crippen LogP contribution is -2.56. The monoisotopic (exact) mass is 338 g/mol. The van der Waals surface area contributed by atoms with Gasteiger partial charge in [-0.1, -0.05) is 6.92 Å². The molecule has 1 aromatic rings. The maximum Gasteiger partial charge on any atom is 0.312 e. The molecule has 0 spiro atoms. The van der Waals surface area contributed by atoms with E-state index >= 15 is 0 Å². The van der Waals surface area contributed by atoms with Gasteiger partial charge in [0.05, 0.1) is 5.41 Å². The third-order valence-electron chi connectivity index (χ3n) is 5.80. The molecule has 0 aliphatic heterocycles. The Kier molecular flexibility index (Phi) is 3.63. The zero-order chi connectivity index (χ0) is 16.1. The van der Waals surface area contributed by atoms with Gasteiger partial charge >= 0.3 is 5.97 Å². The number of hydrogen-bond donors (Lipinski definition) is 0. The zero-order valence-electron chi connectivity index (χ0n) is 13.5. The fourth-order valence-corrected chi connectivity index (χ4v) is 6.08. The Morgan fingerprint density at radius 3 is 2.74 bits per heavy atom. The van der Waals surface area contributed by atoms with Crippen molar-refractivity contribution in [2.24, 2.45) is 17.3 Å². The molecule has 4 fully saturated rings. The first kappa shape index (κ1) is 15.4. The average molecular weight is 339 g/mol. The number of ether oxygens (including phenoxy) is 1. The van der Waals surface area contributed by atoms with Crippen molar-refractivity contribution >= 4 is 17.6 Å². The molecule has 4 atom stereocenters. The van der Waals surface area contributed by atoms with Gasteiger partial charge in [-0.05, 0) is 67.2 Å². The summed E-state index contributed by atoms with van der Waals surface area (Å²) in [6.45, 7) is 2.95. The van der Waals surface area contributed by atoms with Gasteiger partial charge in [0.2, 0.25) is 0 Å². The molecule has 1 aromatic heterocycles. The number of hydrogen-bond acceptors (Lipinski definition) is 5. The topological polar surface area (TPSA) is 69.9 Å². The van der Waals surface area contributed by atoms with Crippen molar-refractivity contribution in [1.29, 1.82) is 0 Å². The fourth-order valence-electron chi connectivity index (χ4n) is 5.38. The summed E-state index contributed by atoms with van der Waals surface area (Å²) in [5.74, 6) is 1.70. The van der Waals surface area contributed by atoms with Crippen LogP contribution in [0.15, 0.2) is 0 Å². The Balaban J connectivity index is 1.46. The van der Waals surface area contributed by atoms with Crippen LogP contribution in [0.1, 0.15) is 57.7 Å². The van der Waals surface area contributed by atoms with Gasteiger partial charge in [0.15, 0.2) is 12.4 Å². The van der Waals surface area contributed by atoms with Crippen LogP contribution in [0.25, 0.3) is 0 Å². The van der Waals surface area contributed by atoms with E-state index in [9.17, 15) is 4.79 Å². The Morgan fingerprint density at radius 1 is 1.35 bits per heavy atom. The van der Waals surface area contributed by atoms with E-state index in [0.717, 1.165) is 45.1 Å². The van der Waals surface area contributed by atoms with Gasteiger partial charge in [0.25, 0.3) is 0 Å². The van der Waals surface area contributed by atoms with E-state index in [4.69, 9.17) is 16.3 Å². The van der Waals surface area contributed by atoms with Crippen molar-refractivity contribution in [1.82, 2.24) is 20.2 Å².